The molecule has 58 valence electrons. The molecule has 5 heteroatoms. The lowest BCUT2D eigenvalue weighted by molar-refractivity contribution is 0.823. The van der Waals surface area contributed by atoms with E-state index in [0.717, 1.165) is 0 Å². The third kappa shape index (κ3) is 1.47. The smallest absolute Gasteiger partial charge is 0.178 e. The third-order valence-corrected chi connectivity index (χ3v) is 1.95. The van der Waals surface area contributed by atoms with Gasteiger partial charge in [-0.25, -0.2) is 4.98 Å². The molecule has 1 unspecified atom stereocenters. The number of halogens is 2. The molecular weight excluding hydrogens is 185 g/mol. The Morgan fingerprint density at radius 1 is 1.82 bits per heavy atom. The van der Waals surface area contributed by atoms with Crippen LogP contribution < -0.4 is 0 Å². The van der Waals surface area contributed by atoms with E-state index < -0.39 is 5.38 Å². The maximum atomic E-state index is 8.44. The van der Waals surface area contributed by atoms with Gasteiger partial charge in [-0.15, -0.1) is 0 Å². The van der Waals surface area contributed by atoms with Crippen LogP contribution in [0.1, 0.15) is 11.2 Å². The van der Waals surface area contributed by atoms with E-state index >= 15 is 0 Å². The molecule has 0 aliphatic rings. The van der Waals surface area contributed by atoms with E-state index in [-0.39, 0.29) is 0 Å². The number of nitriles is 1. The van der Waals surface area contributed by atoms with Gasteiger partial charge in [-0.05, 0) is 0 Å². The van der Waals surface area contributed by atoms with E-state index in [1.807, 2.05) is 6.07 Å². The van der Waals surface area contributed by atoms with Crippen LogP contribution in [0.2, 0.25) is 5.15 Å². The lowest BCUT2D eigenvalue weighted by Crippen LogP contribution is -1.99. The Morgan fingerprint density at radius 2 is 2.45 bits per heavy atom. The van der Waals surface area contributed by atoms with Crippen molar-refractivity contribution in [1.82, 2.24) is 9.55 Å². The van der Waals surface area contributed by atoms with Crippen LogP contribution in [-0.2, 0) is 7.05 Å². The Bertz CT molecular complexity index is 299. The zero-order chi connectivity index (χ0) is 8.43. The van der Waals surface area contributed by atoms with Gasteiger partial charge in [0.1, 0.15) is 11.0 Å². The van der Waals surface area contributed by atoms with Gasteiger partial charge in [0.05, 0.1) is 12.3 Å². The van der Waals surface area contributed by atoms with Crippen LogP contribution in [0, 0.1) is 11.3 Å². The van der Waals surface area contributed by atoms with Crippen LogP contribution in [0.15, 0.2) is 6.20 Å². The van der Waals surface area contributed by atoms with Crippen LogP contribution in [0.3, 0.4) is 0 Å². The molecule has 0 aromatic carbocycles. The maximum Gasteiger partial charge on any atom is 0.178 e. The molecule has 0 saturated carbocycles. The molecule has 0 amide bonds. The maximum absolute atomic E-state index is 8.44. The fourth-order valence-electron chi connectivity index (χ4n) is 0.695. The predicted octanol–water partition coefficient (Wildman–Crippen LogP) is 1.88. The highest BCUT2D eigenvalue weighted by Gasteiger charge is 2.13. The van der Waals surface area contributed by atoms with Gasteiger partial charge in [-0.2, -0.15) is 5.26 Å². The molecule has 1 atom stereocenters. The first kappa shape index (κ1) is 8.38. The van der Waals surface area contributed by atoms with Gasteiger partial charge in [0.15, 0.2) is 5.38 Å². The minimum absolute atomic E-state index is 0.471. The summed E-state index contributed by atoms with van der Waals surface area (Å²) in [6, 6.07) is 1.86. The Balaban J connectivity index is 3.07. The first-order chi connectivity index (χ1) is 5.16. The predicted molar refractivity (Wildman–Crippen MR) is 42.4 cm³/mol. The summed E-state index contributed by atoms with van der Waals surface area (Å²) in [6.45, 7) is 0. The summed E-state index contributed by atoms with van der Waals surface area (Å²) in [6.07, 6.45) is 1.46. The normalized spacial score (nSPS) is 12.5. The van der Waals surface area contributed by atoms with E-state index in [9.17, 15) is 0 Å². The fourth-order valence-corrected chi connectivity index (χ4v) is 1.03. The Hall–Kier alpha value is -0.720. The lowest BCUT2D eigenvalue weighted by atomic mass is 10.4. The summed E-state index contributed by atoms with van der Waals surface area (Å²) in [5.74, 6) is 0.471. The van der Waals surface area contributed by atoms with E-state index in [2.05, 4.69) is 4.98 Å². The highest BCUT2D eigenvalue weighted by molar-refractivity contribution is 6.29. The van der Waals surface area contributed by atoms with Crippen molar-refractivity contribution >= 4 is 23.2 Å². The molecular formula is C6H5Cl2N3. The summed E-state index contributed by atoms with van der Waals surface area (Å²) < 4.78 is 1.57. The summed E-state index contributed by atoms with van der Waals surface area (Å²) in [5.41, 5.74) is 0. The number of alkyl halides is 1. The average molecular weight is 190 g/mol. The lowest BCUT2D eigenvalue weighted by Gasteiger charge is -2.00. The molecule has 0 N–H and O–H groups in total. The largest absolute Gasteiger partial charge is 0.320 e. The molecule has 0 aliphatic carbocycles. The summed E-state index contributed by atoms with van der Waals surface area (Å²) >= 11 is 11.3. The Kier molecular flexibility index (Phi) is 2.38. The second-order valence-electron chi connectivity index (χ2n) is 1.99. The summed E-state index contributed by atoms with van der Waals surface area (Å²) in [4.78, 5) is 3.86. The van der Waals surface area contributed by atoms with Gasteiger partial charge in [0, 0.05) is 7.05 Å². The van der Waals surface area contributed by atoms with Crippen molar-refractivity contribution < 1.29 is 0 Å². The first-order valence-electron chi connectivity index (χ1n) is 2.87. The average Bonchev–Trinajstić information content (AvgIpc) is 2.32. The number of aromatic nitrogens is 2. The van der Waals surface area contributed by atoms with Crippen molar-refractivity contribution in [3.63, 3.8) is 0 Å². The van der Waals surface area contributed by atoms with Crippen LogP contribution in [0.4, 0.5) is 0 Å². The molecule has 0 bridgehead atoms. The second kappa shape index (κ2) is 3.12. The van der Waals surface area contributed by atoms with Crippen LogP contribution in [-0.4, -0.2) is 9.55 Å². The molecule has 0 aliphatic heterocycles. The van der Waals surface area contributed by atoms with Crippen LogP contribution >= 0.6 is 23.2 Å². The number of hydrogen-bond acceptors (Lipinski definition) is 2. The fraction of sp³-hybridized carbons (Fsp3) is 0.333. The SMILES string of the molecule is Cn1c(Cl)cnc1C(Cl)C#N. The number of nitrogens with zero attached hydrogens (tertiary/aromatic N) is 3. The van der Waals surface area contributed by atoms with Gasteiger partial charge in [0.25, 0.3) is 0 Å². The van der Waals surface area contributed by atoms with Crippen molar-refractivity contribution in [2.75, 3.05) is 0 Å². The second-order valence-corrected chi connectivity index (χ2v) is 2.81. The number of hydrogen-bond donors (Lipinski definition) is 0. The van der Waals surface area contributed by atoms with Crippen LogP contribution in [0.5, 0.6) is 0 Å². The molecule has 1 aromatic heterocycles. The molecule has 1 heterocycles. The monoisotopic (exact) mass is 189 g/mol. The molecule has 0 spiro atoms. The van der Waals surface area contributed by atoms with Gasteiger partial charge in [0.2, 0.25) is 0 Å². The van der Waals surface area contributed by atoms with Crippen LogP contribution in [0.25, 0.3) is 0 Å². The van der Waals surface area contributed by atoms with Gasteiger partial charge >= 0.3 is 0 Å². The first-order valence-corrected chi connectivity index (χ1v) is 3.69. The molecule has 0 fully saturated rings. The molecule has 1 aromatic rings. The van der Waals surface area contributed by atoms with Crippen molar-refractivity contribution in [3.8, 4) is 6.07 Å². The van der Waals surface area contributed by atoms with Gasteiger partial charge in [-0.1, -0.05) is 23.2 Å². The van der Waals surface area contributed by atoms with E-state index in [1.165, 1.54) is 6.20 Å². The zero-order valence-electron chi connectivity index (χ0n) is 5.75. The number of imidazole rings is 1. The van der Waals surface area contributed by atoms with E-state index in [4.69, 9.17) is 28.5 Å². The Morgan fingerprint density at radius 3 is 2.82 bits per heavy atom. The number of rotatable bonds is 1. The highest BCUT2D eigenvalue weighted by atomic mass is 35.5. The van der Waals surface area contributed by atoms with Crippen molar-refractivity contribution in [3.05, 3.63) is 17.2 Å². The molecule has 3 nitrogen and oxygen atoms in total. The molecule has 0 radical (unpaired) electrons. The van der Waals surface area contributed by atoms with Gasteiger partial charge < -0.3 is 4.57 Å². The highest BCUT2D eigenvalue weighted by Crippen LogP contribution is 2.20. The molecule has 11 heavy (non-hydrogen) atoms. The minimum Gasteiger partial charge on any atom is -0.320 e. The van der Waals surface area contributed by atoms with E-state index in [1.54, 1.807) is 11.6 Å². The summed E-state index contributed by atoms with van der Waals surface area (Å²) in [7, 11) is 1.71. The van der Waals surface area contributed by atoms with Gasteiger partial charge in [-0.3, -0.25) is 0 Å². The zero-order valence-corrected chi connectivity index (χ0v) is 7.26. The standard InChI is InChI=1S/C6H5Cl2N3/c1-11-5(8)3-10-6(11)4(7)2-9/h3-4H,1H3. The topological polar surface area (TPSA) is 41.6 Å². The van der Waals surface area contributed by atoms with Crippen molar-refractivity contribution in [2.45, 2.75) is 5.38 Å². The molecule has 1 rings (SSSR count). The summed E-state index contributed by atoms with van der Waals surface area (Å²) in [5, 5.41) is 8.19. The third-order valence-electron chi connectivity index (χ3n) is 1.31. The van der Waals surface area contributed by atoms with Crippen molar-refractivity contribution in [1.29, 1.82) is 5.26 Å². The quantitative estimate of drug-likeness (QED) is 0.634. The minimum atomic E-state index is -0.729. The molecule has 0 saturated heterocycles. The Labute approximate surface area is 74.2 Å². The van der Waals surface area contributed by atoms with E-state index in [0.29, 0.717) is 11.0 Å². The van der Waals surface area contributed by atoms with Crippen molar-refractivity contribution in [2.24, 2.45) is 7.05 Å².